The minimum absolute atomic E-state index is 0.0188. The number of non-ortho nitro benzene ring substituents is 1. The highest BCUT2D eigenvalue weighted by molar-refractivity contribution is 6.30. The van der Waals surface area contributed by atoms with Crippen molar-refractivity contribution in [1.29, 1.82) is 0 Å². The first-order valence-electron chi connectivity index (χ1n) is 7.60. The molecular formula is C17H13ClN4O4. The summed E-state index contributed by atoms with van der Waals surface area (Å²) in [5, 5.41) is 17.7. The van der Waals surface area contributed by atoms with E-state index >= 15 is 0 Å². The van der Waals surface area contributed by atoms with Crippen LogP contribution in [-0.2, 0) is 17.8 Å². The van der Waals surface area contributed by atoms with Crippen molar-refractivity contribution >= 4 is 23.2 Å². The Morgan fingerprint density at radius 1 is 1.15 bits per heavy atom. The van der Waals surface area contributed by atoms with Gasteiger partial charge in [0.15, 0.2) is 0 Å². The van der Waals surface area contributed by atoms with Crippen molar-refractivity contribution in [2.45, 2.75) is 13.0 Å². The van der Waals surface area contributed by atoms with Gasteiger partial charge in [-0.25, -0.2) is 0 Å². The molecule has 9 heteroatoms. The number of halogens is 1. The maximum absolute atomic E-state index is 12.0. The molecule has 1 aromatic heterocycles. The van der Waals surface area contributed by atoms with Gasteiger partial charge in [0, 0.05) is 22.7 Å². The molecule has 132 valence electrons. The molecular weight excluding hydrogens is 360 g/mol. The molecule has 0 atom stereocenters. The number of amides is 1. The highest BCUT2D eigenvalue weighted by Gasteiger charge is 2.11. The van der Waals surface area contributed by atoms with E-state index in [4.69, 9.17) is 16.1 Å². The Kier molecular flexibility index (Phi) is 5.23. The second kappa shape index (κ2) is 7.75. The summed E-state index contributed by atoms with van der Waals surface area (Å²) in [7, 11) is 0. The van der Waals surface area contributed by atoms with E-state index in [0.717, 1.165) is 5.56 Å². The Balaban J connectivity index is 1.54. The van der Waals surface area contributed by atoms with Crippen molar-refractivity contribution in [3.63, 3.8) is 0 Å². The SMILES string of the molecule is O=C(Cc1ccc([N+](=O)[O-])cc1)NCc1nc(-c2ccc(Cl)cc2)no1. The first-order chi connectivity index (χ1) is 12.5. The van der Waals surface area contributed by atoms with Gasteiger partial charge in [-0.15, -0.1) is 0 Å². The van der Waals surface area contributed by atoms with Crippen LogP contribution in [0.15, 0.2) is 53.1 Å². The number of nitrogens with zero attached hydrogens (tertiary/aromatic N) is 3. The van der Waals surface area contributed by atoms with E-state index in [-0.39, 0.29) is 30.5 Å². The van der Waals surface area contributed by atoms with Crippen molar-refractivity contribution in [1.82, 2.24) is 15.5 Å². The second-order valence-electron chi connectivity index (χ2n) is 5.40. The number of hydrogen-bond donors (Lipinski definition) is 1. The fourth-order valence-electron chi connectivity index (χ4n) is 2.20. The number of aromatic nitrogens is 2. The van der Waals surface area contributed by atoms with Crippen molar-refractivity contribution in [3.8, 4) is 11.4 Å². The molecule has 3 rings (SSSR count). The smallest absolute Gasteiger partial charge is 0.269 e. The van der Waals surface area contributed by atoms with Gasteiger partial charge in [0.25, 0.3) is 5.69 Å². The van der Waals surface area contributed by atoms with Gasteiger partial charge in [0.05, 0.1) is 17.9 Å². The molecule has 3 aromatic rings. The van der Waals surface area contributed by atoms with E-state index in [9.17, 15) is 14.9 Å². The predicted octanol–water partition coefficient (Wildman–Crippen LogP) is 3.16. The van der Waals surface area contributed by atoms with E-state index in [1.807, 2.05) is 0 Å². The Morgan fingerprint density at radius 3 is 2.50 bits per heavy atom. The van der Waals surface area contributed by atoms with Crippen LogP contribution >= 0.6 is 11.6 Å². The summed E-state index contributed by atoms with van der Waals surface area (Å²) in [4.78, 5) is 26.3. The van der Waals surface area contributed by atoms with Gasteiger partial charge in [-0.1, -0.05) is 28.9 Å². The van der Waals surface area contributed by atoms with E-state index in [0.29, 0.717) is 16.4 Å². The lowest BCUT2D eigenvalue weighted by Crippen LogP contribution is -2.24. The van der Waals surface area contributed by atoms with Gasteiger partial charge < -0.3 is 9.84 Å². The monoisotopic (exact) mass is 372 g/mol. The molecule has 1 heterocycles. The predicted molar refractivity (Wildman–Crippen MR) is 93.4 cm³/mol. The van der Waals surface area contributed by atoms with E-state index in [1.54, 1.807) is 36.4 Å². The van der Waals surface area contributed by atoms with Gasteiger partial charge in [0.1, 0.15) is 0 Å². The fraction of sp³-hybridized carbons (Fsp3) is 0.118. The summed E-state index contributed by atoms with van der Waals surface area (Å²) in [6, 6.07) is 12.8. The summed E-state index contributed by atoms with van der Waals surface area (Å²) in [6.45, 7) is 0.0897. The molecule has 0 unspecified atom stereocenters. The average Bonchev–Trinajstić information content (AvgIpc) is 3.10. The maximum Gasteiger partial charge on any atom is 0.269 e. The molecule has 0 aliphatic rings. The molecule has 0 aliphatic carbocycles. The maximum atomic E-state index is 12.0. The molecule has 0 saturated carbocycles. The molecule has 2 aromatic carbocycles. The largest absolute Gasteiger partial charge is 0.347 e. The molecule has 0 saturated heterocycles. The first kappa shape index (κ1) is 17.6. The van der Waals surface area contributed by atoms with E-state index in [1.165, 1.54) is 12.1 Å². The van der Waals surface area contributed by atoms with Crippen molar-refractivity contribution in [2.75, 3.05) is 0 Å². The van der Waals surface area contributed by atoms with Crippen molar-refractivity contribution in [2.24, 2.45) is 0 Å². The van der Waals surface area contributed by atoms with Crippen LogP contribution in [0.25, 0.3) is 11.4 Å². The third-order valence-electron chi connectivity index (χ3n) is 3.52. The van der Waals surface area contributed by atoms with Crippen LogP contribution in [0.1, 0.15) is 11.5 Å². The summed E-state index contributed by atoms with van der Waals surface area (Å²) < 4.78 is 5.11. The summed E-state index contributed by atoms with van der Waals surface area (Å²) in [5.74, 6) is 0.415. The van der Waals surface area contributed by atoms with E-state index < -0.39 is 4.92 Å². The van der Waals surface area contributed by atoms with Crippen LogP contribution in [0, 0.1) is 10.1 Å². The Morgan fingerprint density at radius 2 is 1.85 bits per heavy atom. The molecule has 8 nitrogen and oxygen atoms in total. The van der Waals surface area contributed by atoms with Gasteiger partial charge in [-0.05, 0) is 29.8 Å². The lowest BCUT2D eigenvalue weighted by atomic mass is 10.1. The third kappa shape index (κ3) is 4.42. The zero-order valence-corrected chi connectivity index (χ0v) is 14.1. The van der Waals surface area contributed by atoms with E-state index in [2.05, 4.69) is 15.5 Å². The minimum Gasteiger partial charge on any atom is -0.347 e. The minimum atomic E-state index is -0.488. The number of benzene rings is 2. The zero-order valence-electron chi connectivity index (χ0n) is 13.4. The number of carbonyl (C=O) groups excluding carboxylic acids is 1. The number of hydrogen-bond acceptors (Lipinski definition) is 6. The van der Waals surface area contributed by atoms with Gasteiger partial charge in [0.2, 0.25) is 17.6 Å². The van der Waals surface area contributed by atoms with Crippen LogP contribution in [-0.4, -0.2) is 21.0 Å². The van der Waals surface area contributed by atoms with Crippen LogP contribution in [0.5, 0.6) is 0 Å². The molecule has 1 amide bonds. The summed E-state index contributed by atoms with van der Waals surface area (Å²) in [5.41, 5.74) is 1.40. The summed E-state index contributed by atoms with van der Waals surface area (Å²) in [6.07, 6.45) is 0.0934. The van der Waals surface area contributed by atoms with Gasteiger partial charge in [-0.2, -0.15) is 4.98 Å². The second-order valence-corrected chi connectivity index (χ2v) is 5.83. The van der Waals surface area contributed by atoms with Crippen molar-refractivity contribution in [3.05, 3.63) is 75.1 Å². The fourth-order valence-corrected chi connectivity index (χ4v) is 2.33. The van der Waals surface area contributed by atoms with Crippen LogP contribution < -0.4 is 5.32 Å². The molecule has 26 heavy (non-hydrogen) atoms. The molecule has 0 fully saturated rings. The summed E-state index contributed by atoms with van der Waals surface area (Å²) >= 11 is 5.83. The molecule has 0 radical (unpaired) electrons. The number of rotatable bonds is 6. The third-order valence-corrected chi connectivity index (χ3v) is 3.77. The first-order valence-corrected chi connectivity index (χ1v) is 7.97. The van der Waals surface area contributed by atoms with Gasteiger partial charge in [-0.3, -0.25) is 14.9 Å². The quantitative estimate of drug-likeness (QED) is 0.525. The Labute approximate surface area is 152 Å². The molecule has 0 spiro atoms. The standard InChI is InChI=1S/C17H13ClN4O4/c18-13-5-3-12(4-6-13)17-20-16(26-21-17)10-19-15(23)9-11-1-7-14(8-2-11)22(24)25/h1-8H,9-10H2,(H,19,23). The normalized spacial score (nSPS) is 10.5. The molecule has 0 bridgehead atoms. The van der Waals surface area contributed by atoms with Crippen LogP contribution in [0.3, 0.4) is 0 Å². The highest BCUT2D eigenvalue weighted by Crippen LogP contribution is 2.18. The van der Waals surface area contributed by atoms with Crippen LogP contribution in [0.2, 0.25) is 5.02 Å². The molecule has 0 aliphatic heterocycles. The number of nitrogens with one attached hydrogen (secondary N) is 1. The molecule has 1 N–H and O–H groups in total. The Hall–Kier alpha value is -3.26. The lowest BCUT2D eigenvalue weighted by Gasteiger charge is -2.02. The topological polar surface area (TPSA) is 111 Å². The van der Waals surface area contributed by atoms with Crippen molar-refractivity contribution < 1.29 is 14.2 Å². The number of nitro benzene ring substituents is 1. The average molecular weight is 373 g/mol. The van der Waals surface area contributed by atoms with Gasteiger partial charge >= 0.3 is 0 Å². The highest BCUT2D eigenvalue weighted by atomic mass is 35.5. The lowest BCUT2D eigenvalue weighted by molar-refractivity contribution is -0.384. The number of carbonyl (C=O) groups is 1. The number of nitro groups is 1. The Bertz CT molecular complexity index is 923. The van der Waals surface area contributed by atoms with Crippen LogP contribution in [0.4, 0.5) is 5.69 Å². The zero-order chi connectivity index (χ0) is 18.5.